The Labute approximate surface area is 115 Å². The molecule has 3 rings (SSSR count). The maximum Gasteiger partial charge on any atom is 0.148 e. The van der Waals surface area contributed by atoms with Gasteiger partial charge in [0.25, 0.3) is 0 Å². The smallest absolute Gasteiger partial charge is 0.148 e. The van der Waals surface area contributed by atoms with Gasteiger partial charge in [0, 0.05) is 23.4 Å². The molecule has 0 radical (unpaired) electrons. The van der Waals surface area contributed by atoms with Crippen LogP contribution in [0.4, 0.5) is 0 Å². The molecule has 1 aliphatic rings. The Hall–Kier alpha value is -0.780. The zero-order valence-corrected chi connectivity index (χ0v) is 12.1. The summed E-state index contributed by atoms with van der Waals surface area (Å²) in [6.45, 7) is 3.24. The van der Waals surface area contributed by atoms with Crippen molar-refractivity contribution in [2.24, 2.45) is 0 Å². The molecule has 1 aliphatic carbocycles. The van der Waals surface area contributed by atoms with Gasteiger partial charge in [0.05, 0.1) is 0 Å². The van der Waals surface area contributed by atoms with Crippen LogP contribution in [0, 0.1) is 6.92 Å². The maximum atomic E-state index is 4.30. The Morgan fingerprint density at radius 2 is 2.22 bits per heavy atom. The number of nitrogens with zero attached hydrogens (tertiary/aromatic N) is 2. The van der Waals surface area contributed by atoms with Crippen molar-refractivity contribution in [3.8, 4) is 10.6 Å². The highest BCUT2D eigenvalue weighted by Crippen LogP contribution is 2.29. The van der Waals surface area contributed by atoms with Gasteiger partial charge in [-0.25, -0.2) is 0 Å². The van der Waals surface area contributed by atoms with E-state index in [9.17, 15) is 0 Å². The summed E-state index contributed by atoms with van der Waals surface area (Å²) >= 11 is 3.47. The molecule has 0 aromatic carbocycles. The van der Waals surface area contributed by atoms with Crippen LogP contribution in [0.15, 0.2) is 10.8 Å². The van der Waals surface area contributed by atoms with Crippen molar-refractivity contribution in [1.29, 1.82) is 0 Å². The molecular weight excluding hydrogens is 262 g/mol. The summed E-state index contributed by atoms with van der Waals surface area (Å²) in [4.78, 5) is 0. The summed E-state index contributed by atoms with van der Waals surface area (Å²) in [5.41, 5.74) is 2.55. The lowest BCUT2D eigenvalue weighted by molar-refractivity contribution is 0.643. The van der Waals surface area contributed by atoms with Crippen LogP contribution >= 0.6 is 22.7 Å². The van der Waals surface area contributed by atoms with E-state index >= 15 is 0 Å². The van der Waals surface area contributed by atoms with Crippen molar-refractivity contribution < 1.29 is 0 Å². The van der Waals surface area contributed by atoms with Crippen LogP contribution in [-0.2, 0) is 6.42 Å². The zero-order chi connectivity index (χ0) is 12.4. The van der Waals surface area contributed by atoms with E-state index in [1.54, 1.807) is 22.7 Å². The van der Waals surface area contributed by atoms with Gasteiger partial charge < -0.3 is 5.32 Å². The number of aromatic nitrogens is 2. The average Bonchev–Trinajstić information content (AvgIpc) is 2.90. The third-order valence-corrected chi connectivity index (χ3v) is 5.01. The molecule has 0 bridgehead atoms. The molecule has 1 saturated carbocycles. The van der Waals surface area contributed by atoms with Crippen molar-refractivity contribution in [1.82, 2.24) is 15.5 Å². The molecule has 96 valence electrons. The summed E-state index contributed by atoms with van der Waals surface area (Å²) in [5.74, 6) is 0. The number of rotatable bonds is 6. The summed E-state index contributed by atoms with van der Waals surface area (Å²) in [6.07, 6.45) is 4.93. The predicted octanol–water partition coefficient (Wildman–Crippen LogP) is 3.26. The van der Waals surface area contributed by atoms with Crippen molar-refractivity contribution in [2.45, 2.75) is 38.6 Å². The van der Waals surface area contributed by atoms with E-state index < -0.39 is 0 Å². The van der Waals surface area contributed by atoms with E-state index in [0.29, 0.717) is 0 Å². The number of hydrogen-bond acceptors (Lipinski definition) is 5. The lowest BCUT2D eigenvalue weighted by atomic mass is 10.2. The molecule has 5 heteroatoms. The standard InChI is InChI=1S/C13H17N3S2/c1-9-7-17-8-11(9)13-16-15-12(18-13)3-2-6-14-10-4-5-10/h7-8,10,14H,2-6H2,1H3. The first-order valence-corrected chi connectivity index (χ1v) is 8.18. The Balaban J connectivity index is 1.54. The van der Waals surface area contributed by atoms with Crippen LogP contribution in [0.1, 0.15) is 29.8 Å². The summed E-state index contributed by atoms with van der Waals surface area (Å²) in [5, 5.41) is 18.7. The van der Waals surface area contributed by atoms with Gasteiger partial charge in [0.15, 0.2) is 0 Å². The number of hydrogen-bond donors (Lipinski definition) is 1. The van der Waals surface area contributed by atoms with Crippen molar-refractivity contribution in [3.05, 3.63) is 21.3 Å². The van der Waals surface area contributed by atoms with Crippen LogP contribution in [-0.4, -0.2) is 22.8 Å². The third-order valence-electron chi connectivity index (χ3n) is 3.13. The van der Waals surface area contributed by atoms with E-state index in [2.05, 4.69) is 33.2 Å². The molecule has 0 unspecified atom stereocenters. The SMILES string of the molecule is Cc1cscc1-c1nnc(CCCNC2CC2)s1. The molecule has 3 nitrogen and oxygen atoms in total. The van der Waals surface area contributed by atoms with E-state index in [-0.39, 0.29) is 0 Å². The normalized spacial score (nSPS) is 15.2. The Kier molecular flexibility index (Phi) is 3.72. The van der Waals surface area contributed by atoms with Gasteiger partial charge in [-0.2, -0.15) is 11.3 Å². The molecule has 0 saturated heterocycles. The second-order valence-corrected chi connectivity index (χ2v) is 6.61. The molecule has 0 spiro atoms. The Morgan fingerprint density at radius 1 is 1.33 bits per heavy atom. The van der Waals surface area contributed by atoms with E-state index in [1.165, 1.54) is 24.0 Å². The summed E-state index contributed by atoms with van der Waals surface area (Å²) < 4.78 is 0. The minimum absolute atomic E-state index is 0.809. The first-order chi connectivity index (χ1) is 8.83. The Bertz CT molecular complexity index is 514. The molecule has 0 atom stereocenters. The monoisotopic (exact) mass is 279 g/mol. The predicted molar refractivity (Wildman–Crippen MR) is 77.3 cm³/mol. The van der Waals surface area contributed by atoms with Gasteiger partial charge >= 0.3 is 0 Å². The van der Waals surface area contributed by atoms with Crippen LogP contribution in [0.25, 0.3) is 10.6 Å². The molecule has 0 aliphatic heterocycles. The largest absolute Gasteiger partial charge is 0.314 e. The van der Waals surface area contributed by atoms with Crippen molar-refractivity contribution in [2.75, 3.05) is 6.54 Å². The Morgan fingerprint density at radius 3 is 2.94 bits per heavy atom. The fraction of sp³-hybridized carbons (Fsp3) is 0.538. The molecule has 1 fully saturated rings. The molecule has 2 heterocycles. The van der Waals surface area contributed by atoms with E-state index in [4.69, 9.17) is 0 Å². The first-order valence-electron chi connectivity index (χ1n) is 6.42. The van der Waals surface area contributed by atoms with Crippen LogP contribution < -0.4 is 5.32 Å². The highest BCUT2D eigenvalue weighted by molar-refractivity contribution is 7.15. The molecule has 18 heavy (non-hydrogen) atoms. The first kappa shape index (κ1) is 12.3. The van der Waals surface area contributed by atoms with E-state index in [0.717, 1.165) is 35.4 Å². The number of nitrogens with one attached hydrogen (secondary N) is 1. The second kappa shape index (κ2) is 5.47. The fourth-order valence-corrected chi connectivity index (χ4v) is 3.75. The quantitative estimate of drug-likeness (QED) is 0.825. The molecule has 1 N–H and O–H groups in total. The van der Waals surface area contributed by atoms with Gasteiger partial charge in [-0.15, -0.1) is 10.2 Å². The third kappa shape index (κ3) is 2.96. The van der Waals surface area contributed by atoms with Gasteiger partial charge in [-0.3, -0.25) is 0 Å². The topological polar surface area (TPSA) is 37.8 Å². The van der Waals surface area contributed by atoms with Gasteiger partial charge in [-0.05, 0) is 43.7 Å². The molecule has 2 aromatic heterocycles. The van der Waals surface area contributed by atoms with E-state index in [1.807, 2.05) is 0 Å². The summed E-state index contributed by atoms with van der Waals surface area (Å²) in [7, 11) is 0. The van der Waals surface area contributed by atoms with Crippen molar-refractivity contribution >= 4 is 22.7 Å². The highest BCUT2D eigenvalue weighted by Gasteiger charge is 2.19. The fourth-order valence-electron chi connectivity index (χ4n) is 1.88. The van der Waals surface area contributed by atoms with Crippen LogP contribution in [0.3, 0.4) is 0 Å². The zero-order valence-electron chi connectivity index (χ0n) is 10.5. The molecule has 2 aromatic rings. The maximum absolute atomic E-state index is 4.30. The lowest BCUT2D eigenvalue weighted by Crippen LogP contribution is -2.17. The minimum Gasteiger partial charge on any atom is -0.314 e. The molecule has 0 amide bonds. The van der Waals surface area contributed by atoms with Gasteiger partial charge in [0.1, 0.15) is 10.0 Å². The van der Waals surface area contributed by atoms with Crippen molar-refractivity contribution in [3.63, 3.8) is 0 Å². The lowest BCUT2D eigenvalue weighted by Gasteiger charge is -1.99. The number of aryl methyl sites for hydroxylation is 2. The van der Waals surface area contributed by atoms with Gasteiger partial charge in [-0.1, -0.05) is 11.3 Å². The van der Waals surface area contributed by atoms with Gasteiger partial charge in [0.2, 0.25) is 0 Å². The van der Waals surface area contributed by atoms with Crippen LogP contribution in [0.5, 0.6) is 0 Å². The highest BCUT2D eigenvalue weighted by atomic mass is 32.1. The van der Waals surface area contributed by atoms with Crippen LogP contribution in [0.2, 0.25) is 0 Å². The minimum atomic E-state index is 0.809. The second-order valence-electron chi connectivity index (χ2n) is 4.80. The molecular formula is C13H17N3S2. The number of thiophene rings is 1. The summed E-state index contributed by atoms with van der Waals surface area (Å²) in [6, 6.07) is 0.809. The average molecular weight is 279 g/mol.